The molecule has 1 aliphatic rings. The molecule has 6 heteroatoms. The van der Waals surface area contributed by atoms with Gasteiger partial charge in [-0.3, -0.25) is 20.2 Å². The van der Waals surface area contributed by atoms with E-state index >= 15 is 0 Å². The van der Waals surface area contributed by atoms with Gasteiger partial charge < -0.3 is 4.74 Å². The van der Waals surface area contributed by atoms with Crippen LogP contribution in [0.25, 0.3) is 0 Å². The topological polar surface area (TPSA) is 84.5 Å². The van der Waals surface area contributed by atoms with E-state index in [1.165, 1.54) is 0 Å². The molecule has 2 N–H and O–H groups in total. The summed E-state index contributed by atoms with van der Waals surface area (Å²) in [4.78, 5) is 34.4. The highest BCUT2D eigenvalue weighted by atomic mass is 16.5. The van der Waals surface area contributed by atoms with Crippen LogP contribution in [0.2, 0.25) is 0 Å². The third-order valence-electron chi connectivity index (χ3n) is 2.80. The van der Waals surface area contributed by atoms with Gasteiger partial charge in [0.05, 0.1) is 0 Å². The molecule has 0 aromatic rings. The number of imide groups is 2. The third kappa shape index (κ3) is 2.21. The predicted octanol–water partition coefficient (Wildman–Crippen LogP) is 0.175. The minimum absolute atomic E-state index is 0.280. The summed E-state index contributed by atoms with van der Waals surface area (Å²) in [6.07, 6.45) is 0.618. The van der Waals surface area contributed by atoms with Crippen LogP contribution in [0.1, 0.15) is 26.7 Å². The summed E-state index contributed by atoms with van der Waals surface area (Å²) in [6.45, 7) is 4.42. The standard InChI is InChI=1S/C10H16N2O4/c1-3-10(5-6-16-4-2)7(13)11-9(15)12-8(10)14/h3-6H2,1-2H3,(H2,11,12,13,14,15). The number of rotatable bonds is 5. The van der Waals surface area contributed by atoms with Crippen molar-refractivity contribution in [2.45, 2.75) is 26.7 Å². The average molecular weight is 228 g/mol. The zero-order chi connectivity index (χ0) is 12.2. The van der Waals surface area contributed by atoms with Crippen LogP contribution in [0.4, 0.5) is 4.79 Å². The molecule has 0 bridgehead atoms. The Morgan fingerprint density at radius 1 is 1.12 bits per heavy atom. The van der Waals surface area contributed by atoms with E-state index in [9.17, 15) is 14.4 Å². The molecule has 6 nitrogen and oxygen atoms in total. The molecule has 1 rings (SSSR count). The zero-order valence-electron chi connectivity index (χ0n) is 9.46. The first kappa shape index (κ1) is 12.6. The molecular weight excluding hydrogens is 212 g/mol. The Hall–Kier alpha value is -1.43. The monoisotopic (exact) mass is 228 g/mol. The fourth-order valence-electron chi connectivity index (χ4n) is 1.70. The number of urea groups is 1. The summed E-state index contributed by atoms with van der Waals surface area (Å²) < 4.78 is 5.14. The van der Waals surface area contributed by atoms with Crippen molar-refractivity contribution in [3.8, 4) is 0 Å². The largest absolute Gasteiger partial charge is 0.382 e. The summed E-state index contributed by atoms with van der Waals surface area (Å²) in [5.41, 5.74) is -1.18. The quantitative estimate of drug-likeness (QED) is 0.519. The molecule has 4 amide bonds. The van der Waals surface area contributed by atoms with Gasteiger partial charge in [0.25, 0.3) is 0 Å². The summed E-state index contributed by atoms with van der Waals surface area (Å²) in [6, 6.07) is -0.754. The molecule has 1 fully saturated rings. The maximum absolute atomic E-state index is 11.7. The Morgan fingerprint density at radius 3 is 2.12 bits per heavy atom. The SMILES string of the molecule is CCOCCC1(CC)C(=O)NC(=O)NC1=O. The van der Waals surface area contributed by atoms with Crippen LogP contribution in [-0.4, -0.2) is 31.1 Å². The molecule has 1 heterocycles. The second kappa shape index (κ2) is 5.07. The second-order valence-corrected chi connectivity index (χ2v) is 3.62. The molecule has 16 heavy (non-hydrogen) atoms. The van der Waals surface area contributed by atoms with Gasteiger partial charge in [-0.2, -0.15) is 0 Å². The smallest absolute Gasteiger partial charge is 0.328 e. The van der Waals surface area contributed by atoms with Crippen LogP contribution in [0.15, 0.2) is 0 Å². The molecular formula is C10H16N2O4. The van der Waals surface area contributed by atoms with E-state index in [2.05, 4.69) is 10.6 Å². The molecule has 90 valence electrons. The number of carbonyl (C=O) groups excluding carboxylic acids is 3. The number of nitrogens with one attached hydrogen (secondary N) is 2. The number of hydrogen-bond acceptors (Lipinski definition) is 4. The Balaban J connectivity index is 2.79. The first-order valence-corrected chi connectivity index (χ1v) is 5.31. The van der Waals surface area contributed by atoms with Crippen molar-refractivity contribution in [2.75, 3.05) is 13.2 Å². The second-order valence-electron chi connectivity index (χ2n) is 3.62. The summed E-state index contributed by atoms with van der Waals surface area (Å²) >= 11 is 0. The highest BCUT2D eigenvalue weighted by Crippen LogP contribution is 2.29. The molecule has 0 saturated carbocycles. The number of barbiturate groups is 1. The van der Waals surface area contributed by atoms with Gasteiger partial charge in [-0.15, -0.1) is 0 Å². The number of hydrogen-bond donors (Lipinski definition) is 2. The fraction of sp³-hybridized carbons (Fsp3) is 0.700. The van der Waals surface area contributed by atoms with E-state index in [4.69, 9.17) is 4.74 Å². The van der Waals surface area contributed by atoms with Crippen molar-refractivity contribution in [2.24, 2.45) is 5.41 Å². The van der Waals surface area contributed by atoms with E-state index in [0.717, 1.165) is 0 Å². The molecule has 1 aliphatic heterocycles. The normalized spacial score (nSPS) is 19.2. The first-order valence-electron chi connectivity index (χ1n) is 5.31. The Morgan fingerprint density at radius 2 is 1.69 bits per heavy atom. The van der Waals surface area contributed by atoms with Gasteiger partial charge in [0, 0.05) is 13.2 Å². The number of amides is 4. The van der Waals surface area contributed by atoms with Gasteiger partial charge in [0.2, 0.25) is 11.8 Å². The maximum atomic E-state index is 11.7. The van der Waals surface area contributed by atoms with Crippen LogP contribution >= 0.6 is 0 Å². The Bertz CT molecular complexity index is 294. The van der Waals surface area contributed by atoms with E-state index < -0.39 is 23.3 Å². The van der Waals surface area contributed by atoms with Gasteiger partial charge in [0.1, 0.15) is 5.41 Å². The van der Waals surface area contributed by atoms with Crippen LogP contribution in [-0.2, 0) is 14.3 Å². The summed E-state index contributed by atoms with van der Waals surface area (Å²) in [5.74, 6) is -1.08. The fourth-order valence-corrected chi connectivity index (χ4v) is 1.70. The lowest BCUT2D eigenvalue weighted by atomic mass is 9.79. The molecule has 0 unspecified atom stereocenters. The summed E-state index contributed by atoms with van der Waals surface area (Å²) in [5, 5.41) is 4.23. The lowest BCUT2D eigenvalue weighted by Gasteiger charge is -2.32. The summed E-state index contributed by atoms with van der Waals surface area (Å²) in [7, 11) is 0. The van der Waals surface area contributed by atoms with Crippen molar-refractivity contribution in [3.05, 3.63) is 0 Å². The average Bonchev–Trinajstić information content (AvgIpc) is 2.22. The zero-order valence-corrected chi connectivity index (χ0v) is 9.46. The number of ether oxygens (including phenoxy) is 1. The lowest BCUT2D eigenvalue weighted by molar-refractivity contribution is -0.146. The molecule has 0 aromatic heterocycles. The van der Waals surface area contributed by atoms with Crippen molar-refractivity contribution < 1.29 is 19.1 Å². The Labute approximate surface area is 93.7 Å². The van der Waals surface area contributed by atoms with E-state index in [-0.39, 0.29) is 6.42 Å². The molecule has 0 atom stereocenters. The van der Waals surface area contributed by atoms with Crippen molar-refractivity contribution in [1.29, 1.82) is 0 Å². The highest BCUT2D eigenvalue weighted by molar-refractivity contribution is 6.19. The van der Waals surface area contributed by atoms with Gasteiger partial charge in [-0.1, -0.05) is 6.92 Å². The predicted molar refractivity (Wildman–Crippen MR) is 55.5 cm³/mol. The maximum Gasteiger partial charge on any atom is 0.328 e. The molecule has 0 aromatic carbocycles. The van der Waals surface area contributed by atoms with Crippen LogP contribution in [0, 0.1) is 5.41 Å². The lowest BCUT2D eigenvalue weighted by Crippen LogP contribution is -2.62. The van der Waals surface area contributed by atoms with E-state index in [1.54, 1.807) is 6.92 Å². The Kier molecular flexibility index (Phi) is 4.00. The molecule has 0 aliphatic carbocycles. The van der Waals surface area contributed by atoms with Crippen LogP contribution in [0.3, 0.4) is 0 Å². The first-order chi connectivity index (χ1) is 7.56. The molecule has 1 saturated heterocycles. The van der Waals surface area contributed by atoms with Gasteiger partial charge in [-0.05, 0) is 19.8 Å². The van der Waals surface area contributed by atoms with E-state index in [0.29, 0.717) is 19.6 Å². The van der Waals surface area contributed by atoms with Crippen LogP contribution in [0.5, 0.6) is 0 Å². The number of carbonyl (C=O) groups is 3. The third-order valence-corrected chi connectivity index (χ3v) is 2.80. The van der Waals surface area contributed by atoms with Gasteiger partial charge in [-0.25, -0.2) is 4.79 Å². The van der Waals surface area contributed by atoms with Crippen molar-refractivity contribution in [3.63, 3.8) is 0 Å². The van der Waals surface area contributed by atoms with Crippen molar-refractivity contribution in [1.82, 2.24) is 10.6 Å². The minimum Gasteiger partial charge on any atom is -0.382 e. The van der Waals surface area contributed by atoms with Crippen molar-refractivity contribution >= 4 is 17.8 Å². The molecule has 0 spiro atoms. The van der Waals surface area contributed by atoms with E-state index in [1.807, 2.05) is 6.92 Å². The molecule has 0 radical (unpaired) electrons. The highest BCUT2D eigenvalue weighted by Gasteiger charge is 2.48. The van der Waals surface area contributed by atoms with Gasteiger partial charge in [0.15, 0.2) is 0 Å². The van der Waals surface area contributed by atoms with Gasteiger partial charge >= 0.3 is 6.03 Å². The van der Waals surface area contributed by atoms with Crippen LogP contribution < -0.4 is 10.6 Å². The minimum atomic E-state index is -1.18.